The molecule has 0 fully saturated rings. The summed E-state index contributed by atoms with van der Waals surface area (Å²) < 4.78 is 58.9. The number of carboxylic acids is 1. The molecule has 1 unspecified atom stereocenters. The largest absolute Gasteiger partial charge is 0.506 e. The van der Waals surface area contributed by atoms with Crippen LogP contribution in [0.25, 0.3) is 11.4 Å². The Hall–Kier alpha value is -6.63. The third-order valence-corrected chi connectivity index (χ3v) is 8.93. The third kappa shape index (κ3) is 6.95. The molecule has 0 bridgehead atoms. The number of nitrogens with one attached hydrogen (secondary N) is 2. The van der Waals surface area contributed by atoms with Gasteiger partial charge >= 0.3 is 17.9 Å². The summed E-state index contributed by atoms with van der Waals surface area (Å²) in [6.07, 6.45) is 9.53. The molecule has 1 aromatic carbocycles. The lowest BCUT2D eigenvalue weighted by molar-refractivity contribution is -0.393. The number of dihydropyridines is 1. The molecule has 2 aliphatic rings. The van der Waals surface area contributed by atoms with E-state index in [9.17, 15) is 32.7 Å². The second kappa shape index (κ2) is 13.7. The number of imide groups is 1. The van der Waals surface area contributed by atoms with E-state index in [4.69, 9.17) is 0 Å². The van der Waals surface area contributed by atoms with Crippen LogP contribution in [0.4, 0.5) is 25.0 Å². The van der Waals surface area contributed by atoms with Crippen molar-refractivity contribution >= 4 is 57.1 Å². The molecule has 19 heteroatoms. The number of carbonyl (C=O) groups excluding carboxylic acids is 3. The fourth-order valence-electron chi connectivity index (χ4n) is 5.08. The van der Waals surface area contributed by atoms with E-state index < -0.39 is 80.3 Å². The van der Waals surface area contributed by atoms with Gasteiger partial charge in [0.2, 0.25) is 6.04 Å². The van der Waals surface area contributed by atoms with Crippen LogP contribution in [0.3, 0.4) is 0 Å². The normalized spacial score (nSPS) is 16.1. The van der Waals surface area contributed by atoms with Crippen molar-refractivity contribution in [2.45, 2.75) is 23.5 Å². The van der Waals surface area contributed by atoms with Crippen molar-refractivity contribution in [3.8, 4) is 11.4 Å². The van der Waals surface area contributed by atoms with Gasteiger partial charge in [-0.1, -0.05) is 0 Å². The number of nitrogens with zero attached hydrogens (tertiary/aromatic N) is 7. The monoisotopic (exact) mass is 716 g/mol. The van der Waals surface area contributed by atoms with E-state index in [1.165, 1.54) is 60.8 Å². The van der Waals surface area contributed by atoms with Gasteiger partial charge in [0.05, 0.1) is 24.5 Å². The fourth-order valence-corrected chi connectivity index (χ4v) is 6.06. The van der Waals surface area contributed by atoms with Gasteiger partial charge in [-0.3, -0.25) is 19.5 Å². The summed E-state index contributed by atoms with van der Waals surface area (Å²) in [7, 11) is -3.04. The zero-order chi connectivity index (χ0) is 36.4. The Bertz CT molecular complexity index is 2280. The molecule has 5 heterocycles. The SMILES string of the molecule is C[N+]1=C2C=CC=NC2C(=O)N(c2ccc(C[C@H](NC(=O)c3cc(F)c(NS(=O)(=O)c4ccc(-c5ncccn5)cn4)cc3F)C(=O)O)nc2)C1=O. The van der Waals surface area contributed by atoms with Crippen LogP contribution >= 0.6 is 0 Å². The van der Waals surface area contributed by atoms with Crippen LogP contribution in [0.2, 0.25) is 0 Å². The number of sulfonamides is 1. The summed E-state index contributed by atoms with van der Waals surface area (Å²) in [5.41, 5.74) is -0.742. The van der Waals surface area contributed by atoms with Crippen molar-refractivity contribution in [3.05, 3.63) is 102 Å². The lowest BCUT2D eigenvalue weighted by atomic mass is 10.1. The van der Waals surface area contributed by atoms with Crippen molar-refractivity contribution in [1.82, 2.24) is 25.3 Å². The number of benzene rings is 1. The van der Waals surface area contributed by atoms with Crippen LogP contribution in [0.1, 0.15) is 16.1 Å². The van der Waals surface area contributed by atoms with E-state index in [1.54, 1.807) is 18.2 Å². The van der Waals surface area contributed by atoms with E-state index in [1.807, 2.05) is 4.72 Å². The molecule has 51 heavy (non-hydrogen) atoms. The highest BCUT2D eigenvalue weighted by Crippen LogP contribution is 2.25. The zero-order valence-electron chi connectivity index (χ0n) is 26.1. The molecule has 0 saturated heterocycles. The summed E-state index contributed by atoms with van der Waals surface area (Å²) in [6.45, 7) is 0. The molecule has 0 spiro atoms. The maximum Gasteiger partial charge on any atom is 0.506 e. The topological polar surface area (TPSA) is 217 Å². The van der Waals surface area contributed by atoms with E-state index in [2.05, 4.69) is 30.2 Å². The number of carboxylic acid groups (broad SMARTS) is 1. The van der Waals surface area contributed by atoms with Gasteiger partial charge in [0.25, 0.3) is 15.9 Å². The number of hydrogen-bond donors (Lipinski definition) is 3. The first-order chi connectivity index (χ1) is 24.3. The predicted molar refractivity (Wildman–Crippen MR) is 175 cm³/mol. The molecule has 3 aromatic heterocycles. The number of aliphatic imine (C=N–C) groups is 1. The molecule has 6 rings (SSSR count). The number of urea groups is 1. The molecule has 0 aliphatic carbocycles. The number of allylic oxidation sites excluding steroid dienone is 1. The number of aliphatic carboxylic acids is 1. The number of fused-ring (bicyclic) bond motifs is 1. The summed E-state index contributed by atoms with van der Waals surface area (Å²) in [5.74, 6) is -5.88. The molecule has 2 atom stereocenters. The van der Waals surface area contributed by atoms with Crippen LogP contribution in [-0.4, -0.2) is 92.9 Å². The van der Waals surface area contributed by atoms with Gasteiger partial charge in [-0.15, -0.1) is 4.90 Å². The van der Waals surface area contributed by atoms with E-state index in [0.29, 0.717) is 23.4 Å². The van der Waals surface area contributed by atoms with E-state index in [0.717, 1.165) is 11.0 Å². The van der Waals surface area contributed by atoms with Crippen LogP contribution in [-0.2, 0) is 26.0 Å². The summed E-state index contributed by atoms with van der Waals surface area (Å²) in [5, 5.41) is 11.3. The van der Waals surface area contributed by atoms with Crippen LogP contribution in [0, 0.1) is 11.6 Å². The fraction of sp³-hybridized carbons (Fsp3) is 0.125. The Kier molecular flexibility index (Phi) is 9.20. The Morgan fingerprint density at radius 1 is 1.02 bits per heavy atom. The van der Waals surface area contributed by atoms with Gasteiger partial charge in [0, 0.05) is 48.5 Å². The third-order valence-electron chi connectivity index (χ3n) is 7.65. The van der Waals surface area contributed by atoms with Crippen molar-refractivity contribution in [2.24, 2.45) is 4.99 Å². The molecule has 0 saturated carbocycles. The van der Waals surface area contributed by atoms with Gasteiger partial charge < -0.3 is 10.4 Å². The number of carbonyl (C=O) groups is 4. The number of anilines is 2. The Labute approximate surface area is 287 Å². The van der Waals surface area contributed by atoms with Gasteiger partial charge in [0.15, 0.2) is 16.5 Å². The molecule has 258 valence electrons. The minimum atomic E-state index is -4.52. The van der Waals surface area contributed by atoms with E-state index >= 15 is 8.78 Å². The van der Waals surface area contributed by atoms with Crippen molar-refractivity contribution in [3.63, 3.8) is 0 Å². The van der Waals surface area contributed by atoms with Crippen molar-refractivity contribution in [2.75, 3.05) is 16.7 Å². The molecular formula is C32H24F2N9O7S+. The summed E-state index contributed by atoms with van der Waals surface area (Å²) in [4.78, 5) is 71.9. The smallest absolute Gasteiger partial charge is 0.480 e. The highest BCUT2D eigenvalue weighted by molar-refractivity contribution is 7.92. The van der Waals surface area contributed by atoms with Gasteiger partial charge in [-0.25, -0.2) is 33.3 Å². The molecule has 3 N–H and O–H groups in total. The predicted octanol–water partition coefficient (Wildman–Crippen LogP) is 2.00. The highest BCUT2D eigenvalue weighted by atomic mass is 32.2. The number of pyridine rings is 2. The first-order valence-electron chi connectivity index (χ1n) is 14.8. The van der Waals surface area contributed by atoms with Gasteiger partial charge in [-0.2, -0.15) is 17.8 Å². The van der Waals surface area contributed by atoms with Crippen molar-refractivity contribution < 1.29 is 46.1 Å². The molecule has 4 aromatic rings. The average Bonchev–Trinajstić information content (AvgIpc) is 3.12. The van der Waals surface area contributed by atoms with E-state index in [-0.39, 0.29) is 17.2 Å². The average molecular weight is 717 g/mol. The molecular weight excluding hydrogens is 692 g/mol. The Balaban J connectivity index is 1.13. The van der Waals surface area contributed by atoms with Gasteiger partial charge in [-0.05, 0) is 48.6 Å². The molecule has 2 aliphatic heterocycles. The molecule has 16 nitrogen and oxygen atoms in total. The maximum absolute atomic E-state index is 15.1. The molecule has 0 radical (unpaired) electrons. The van der Waals surface area contributed by atoms with Gasteiger partial charge in [0.1, 0.15) is 23.4 Å². The zero-order valence-corrected chi connectivity index (χ0v) is 27.0. The minimum Gasteiger partial charge on any atom is -0.480 e. The first-order valence-corrected chi connectivity index (χ1v) is 16.2. The lowest BCUT2D eigenvalue weighted by Crippen LogP contribution is -2.56. The second-order valence-corrected chi connectivity index (χ2v) is 12.6. The lowest BCUT2D eigenvalue weighted by Gasteiger charge is -2.24. The first kappa shape index (κ1) is 34.2. The number of rotatable bonds is 10. The number of hydrogen-bond acceptors (Lipinski definition) is 11. The maximum atomic E-state index is 15.1. The van der Waals surface area contributed by atoms with Crippen LogP contribution in [0.5, 0.6) is 0 Å². The Morgan fingerprint density at radius 3 is 2.45 bits per heavy atom. The second-order valence-electron chi connectivity index (χ2n) is 11.0. The van der Waals surface area contributed by atoms with Crippen LogP contribution in [0.15, 0.2) is 89.4 Å². The molecule has 4 amide bonds. The van der Waals surface area contributed by atoms with Crippen LogP contribution < -0.4 is 14.9 Å². The summed E-state index contributed by atoms with van der Waals surface area (Å²) >= 11 is 0. The standard InChI is InChI=1S/C32H23F2N9O7S/c1-42-25-4-2-9-35-27(25)30(45)43(32(42)48)19-7-6-18(38-16-19)12-24(31(46)47)40-29(44)20-13-22(34)23(14-21(20)33)41-51(49,50)26-8-5-17(15-39-26)28-36-10-3-11-37-28/h2-11,13-16,24,27H,12H2,1H3,(H2-,40,41,44,46,47)/p+1/t24-,27?/m0/s1. The minimum absolute atomic E-state index is 0.0863. The number of aromatic nitrogens is 4. The Morgan fingerprint density at radius 2 is 1.78 bits per heavy atom. The number of amides is 4. The summed E-state index contributed by atoms with van der Waals surface area (Å²) in [6, 6.07) is 4.34. The number of halogens is 2. The quantitative estimate of drug-likeness (QED) is 0.202. The van der Waals surface area contributed by atoms with Crippen molar-refractivity contribution in [1.29, 1.82) is 0 Å². The highest BCUT2D eigenvalue weighted by Gasteiger charge is 2.48.